The number of nitrogens with zero attached hydrogens (tertiary/aromatic N) is 5. The summed E-state index contributed by atoms with van der Waals surface area (Å²) in [6.07, 6.45) is 4.61. The van der Waals surface area contributed by atoms with Gasteiger partial charge in [-0.1, -0.05) is 53.9 Å². The summed E-state index contributed by atoms with van der Waals surface area (Å²) in [7, 11) is 7.60. The maximum absolute atomic E-state index is 13.6. The van der Waals surface area contributed by atoms with Crippen LogP contribution in [-0.4, -0.2) is 166 Å². The Bertz CT molecular complexity index is 5760. The molecule has 9 amide bonds. The Hall–Kier alpha value is -13.5. The third-order valence-electron chi connectivity index (χ3n) is 23.6. The monoisotopic (exact) mass is 1780 g/mol. The van der Waals surface area contributed by atoms with Crippen molar-refractivity contribution in [3.05, 3.63) is 208 Å². The molecular formula is C93H113F4N13O18. The minimum absolute atomic E-state index is 0.0108. The number of carbonyl (C=O) groups is 15. The number of likely N-dealkylation sites (tertiary alicyclic amines) is 1. The minimum atomic E-state index is -1.24. The number of ether oxygens (including phenoxy) is 1. The number of nitrogens with two attached hydrogens (primary N) is 1. The smallest absolute Gasteiger partial charge is 0.328 e. The van der Waals surface area contributed by atoms with Crippen molar-refractivity contribution in [2.45, 2.75) is 187 Å². The van der Waals surface area contributed by atoms with Crippen molar-refractivity contribution in [1.29, 1.82) is 0 Å². The predicted octanol–water partition coefficient (Wildman–Crippen LogP) is 11.6. The van der Waals surface area contributed by atoms with Crippen LogP contribution >= 0.6 is 0 Å². The van der Waals surface area contributed by atoms with Gasteiger partial charge in [0, 0.05) is 92.2 Å². The van der Waals surface area contributed by atoms with Gasteiger partial charge in [-0.3, -0.25) is 62.3 Å². The van der Waals surface area contributed by atoms with Crippen molar-refractivity contribution in [2.24, 2.45) is 51.2 Å². The molecule has 0 bridgehead atoms. The Kier molecular flexibility index (Phi) is 33.9. The van der Waals surface area contributed by atoms with Gasteiger partial charge in [-0.05, 0) is 238 Å². The zero-order chi connectivity index (χ0) is 96.2. The number of carbonyl (C=O) groups excluding carboxylic acids is 14. The van der Waals surface area contributed by atoms with Crippen molar-refractivity contribution in [2.75, 3.05) is 41.5 Å². The van der Waals surface area contributed by atoms with Crippen LogP contribution in [0.2, 0.25) is 0 Å². The first-order chi connectivity index (χ1) is 59.8. The topological polar surface area (TPSA) is 439 Å². The molecule has 31 nitrogen and oxygen atoms in total. The lowest BCUT2D eigenvalue weighted by Gasteiger charge is -2.41. The van der Waals surface area contributed by atoms with Crippen LogP contribution in [0.15, 0.2) is 72.8 Å². The highest BCUT2D eigenvalue weighted by molar-refractivity contribution is 6.45. The molecule has 4 aromatic heterocycles. The van der Waals surface area contributed by atoms with Crippen LogP contribution < -0.4 is 43.0 Å². The molecule has 5 heterocycles. The molecule has 1 unspecified atom stereocenters. The van der Waals surface area contributed by atoms with Gasteiger partial charge >= 0.3 is 11.9 Å². The molecular weight excluding hydrogens is 1660 g/mol. The number of Topliss-reactive ketones (excluding diaryl/α,β-unsaturated/α-hetero) is 4. The number of methoxy groups -OCH3 is 1. The molecule has 128 heavy (non-hydrogen) atoms. The number of benzene rings is 4. The molecule has 1 aliphatic heterocycles. The number of aliphatic hydroxyl groups is 1. The van der Waals surface area contributed by atoms with E-state index in [0.717, 1.165) is 32.1 Å². The van der Waals surface area contributed by atoms with E-state index in [-0.39, 0.29) is 81.4 Å². The highest BCUT2D eigenvalue weighted by Gasteiger charge is 2.42. The molecule has 1 saturated carbocycles. The number of rotatable bonds is 25. The largest absolute Gasteiger partial charge is 0.480 e. The molecule has 686 valence electrons. The highest BCUT2D eigenvalue weighted by Crippen LogP contribution is 2.34. The molecule has 8 aromatic rings. The zero-order valence-electron chi connectivity index (χ0n) is 76.0. The lowest BCUT2D eigenvalue weighted by molar-refractivity contribution is -0.146. The number of carboxylic acids is 1. The summed E-state index contributed by atoms with van der Waals surface area (Å²) < 4.78 is 64.8. The van der Waals surface area contributed by atoms with E-state index >= 15 is 0 Å². The van der Waals surface area contributed by atoms with Gasteiger partial charge in [0.25, 0.3) is 70.4 Å². The van der Waals surface area contributed by atoms with Crippen molar-refractivity contribution in [3.8, 4) is 0 Å². The number of halogens is 4. The van der Waals surface area contributed by atoms with Gasteiger partial charge in [0.05, 0.1) is 58.2 Å². The maximum atomic E-state index is 13.6. The number of amides is 9. The van der Waals surface area contributed by atoms with E-state index in [1.807, 2.05) is 13.8 Å². The number of carboxylic acid groups (broad SMARTS) is 1. The fourth-order valence-electron chi connectivity index (χ4n) is 15.8. The van der Waals surface area contributed by atoms with Crippen LogP contribution in [0.25, 0.3) is 0 Å². The van der Waals surface area contributed by atoms with E-state index < -0.39 is 130 Å². The molecule has 4 atom stereocenters. The number of esters is 1. The van der Waals surface area contributed by atoms with Crippen molar-refractivity contribution >= 4 is 111 Å². The predicted molar refractivity (Wildman–Crippen MR) is 471 cm³/mol. The summed E-state index contributed by atoms with van der Waals surface area (Å²) in [6, 6.07) is 13.7. The van der Waals surface area contributed by atoms with Crippen LogP contribution in [0.5, 0.6) is 0 Å². The number of ketones is 4. The second-order valence-corrected chi connectivity index (χ2v) is 33.2. The number of nitrogens with one attached hydrogen (secondary N) is 7. The van der Waals surface area contributed by atoms with Gasteiger partial charge in [0.15, 0.2) is 0 Å². The van der Waals surface area contributed by atoms with Crippen LogP contribution in [-0.2, 0) is 66.5 Å². The number of aliphatic hydroxyl groups excluding tert-OH is 1. The fraction of sp³-hybridized carbons (Fsp3) is 0.409. The molecule has 1 aliphatic carbocycles. The summed E-state index contributed by atoms with van der Waals surface area (Å²) in [5, 5.41) is 37.3. The SMILES string of the molecule is CC[C@@H](NC(=O)C(=O)c1c(C)c(C(=O)Nc2ccc(F)c(C)c2)c(C)n1C)C(N)=O.COC(=O)[C@@H](NC(=O)C(=O)c1c(C)c(C(=O)Nc2ccc(F)c(C)c2)c(C)n1C)C1CCCCC1.Cc1cc(NC(=O)c2c(C)c(C(=O)C(=O)N3CCC(O)C(C)(C)C3)n(C)c2C)ccc1F.Cc1cc(NC(=O)c2c(C)c(C(=O)C(=O)N[C@@H](C(=O)O)C(C)C)n(C)c2C)ccc1F. The zero-order valence-corrected chi connectivity index (χ0v) is 76.0. The van der Waals surface area contributed by atoms with E-state index in [4.69, 9.17) is 10.5 Å². The van der Waals surface area contributed by atoms with E-state index in [1.54, 1.807) is 130 Å². The van der Waals surface area contributed by atoms with Gasteiger partial charge in [-0.2, -0.15) is 0 Å². The number of aryl methyl sites for hydroxylation is 4. The summed E-state index contributed by atoms with van der Waals surface area (Å²) >= 11 is 0. The molecule has 35 heteroatoms. The van der Waals surface area contributed by atoms with Gasteiger partial charge in [0.1, 0.15) is 41.4 Å². The van der Waals surface area contributed by atoms with E-state index in [9.17, 15) is 99.7 Å². The number of primary amides is 1. The first-order valence-corrected chi connectivity index (χ1v) is 41.4. The summed E-state index contributed by atoms with van der Waals surface area (Å²) in [4.78, 5) is 191. The number of hydrogen-bond donors (Lipinski definition) is 10. The Morgan fingerprint density at radius 3 is 1.05 bits per heavy atom. The molecule has 11 N–H and O–H groups in total. The number of aliphatic carboxylic acids is 1. The summed E-state index contributed by atoms with van der Waals surface area (Å²) in [6.45, 7) is 28.5. The maximum Gasteiger partial charge on any atom is 0.328 e. The lowest BCUT2D eigenvalue weighted by atomic mass is 9.81. The number of anilines is 4. The average molecular weight is 1780 g/mol. The normalized spacial score (nSPS) is 14.1. The van der Waals surface area contributed by atoms with Gasteiger partial charge in [-0.15, -0.1) is 0 Å². The van der Waals surface area contributed by atoms with Crippen molar-refractivity contribution in [1.82, 2.24) is 39.1 Å². The van der Waals surface area contributed by atoms with Gasteiger partial charge < -0.3 is 81.1 Å². The molecule has 0 radical (unpaired) electrons. The Morgan fingerprint density at radius 2 is 0.773 bits per heavy atom. The van der Waals surface area contributed by atoms with Crippen LogP contribution in [0.1, 0.15) is 230 Å². The summed E-state index contributed by atoms with van der Waals surface area (Å²) in [5.74, 6) is -13.5. The van der Waals surface area contributed by atoms with Crippen molar-refractivity contribution < 1.29 is 104 Å². The second kappa shape index (κ2) is 42.7. The minimum Gasteiger partial charge on any atom is -0.480 e. The molecule has 4 aromatic carbocycles. The molecule has 2 aliphatic rings. The Balaban J connectivity index is 0.000000234. The summed E-state index contributed by atoms with van der Waals surface area (Å²) in [5.41, 5.74) is 12.4. The number of hydrogen-bond acceptors (Lipinski definition) is 17. The average Bonchev–Trinajstić information content (AvgIpc) is 1.64. The van der Waals surface area contributed by atoms with Gasteiger partial charge in [0.2, 0.25) is 5.91 Å². The number of aromatic nitrogens is 4. The highest BCUT2D eigenvalue weighted by atomic mass is 19.1. The van der Waals surface area contributed by atoms with E-state index in [1.165, 1.54) is 105 Å². The quantitative estimate of drug-likeness (QED) is 0.0110. The first-order valence-electron chi connectivity index (χ1n) is 41.4. The Morgan fingerprint density at radius 1 is 0.469 bits per heavy atom. The fourth-order valence-corrected chi connectivity index (χ4v) is 15.8. The van der Waals surface area contributed by atoms with E-state index in [0.29, 0.717) is 103 Å². The van der Waals surface area contributed by atoms with Crippen LogP contribution in [0.4, 0.5) is 40.3 Å². The van der Waals surface area contributed by atoms with Crippen LogP contribution in [0.3, 0.4) is 0 Å². The molecule has 1 saturated heterocycles. The Labute approximate surface area is 739 Å². The van der Waals surface area contributed by atoms with Crippen LogP contribution in [0, 0.1) is 124 Å². The standard InChI is InChI=1S/C26H32FN3O5.C24H30FN3O4.C22H26FN3O5.C21H25FN4O4/c1-14-13-18(11-12-19(14)27)28-24(32)20-15(2)22(30(4)16(20)3)23(31)25(33)29-21(26(34)35-5)17-9-7-6-8-10-17;1-13-11-16(7-8-17(13)25)26-22(31)19-14(2)20(27(6)15(19)3)21(30)23(32)28-10-9-18(29)24(4,5)12-28;1-10(2)17(22(30)31)25-21(29)19(27)18-12(4)16(13(5)26(18)6)20(28)24-14-7-8-15(23)11(3)9-14;1-6-15(19(23)28)25-21(30)18(27)17-11(3)16(12(4)26(17)5)20(29)24-13-7-8-14(22)10(2)9-13/h11-13,17,21H,6-10H2,1-5H3,(H,28,32)(H,29,33);7-8,11,18,29H,9-10,12H2,1-6H3,(H,26,31);7-10,17H,1-6H3,(H,24,28)(H,25,29)(H,30,31);7-9,15H,6H2,1-5H3,(H2,23,28)(H,24,29)(H,25,30)/t21-;;17-;15-/m0.11/s1. The lowest BCUT2D eigenvalue weighted by Crippen LogP contribution is -2.52. The molecule has 2 fully saturated rings. The number of piperidine rings is 1. The second-order valence-electron chi connectivity index (χ2n) is 33.2. The first kappa shape index (κ1) is 102. The third kappa shape index (κ3) is 23.0. The molecule has 10 rings (SSSR count). The van der Waals surface area contributed by atoms with Crippen molar-refractivity contribution in [3.63, 3.8) is 0 Å². The van der Waals surface area contributed by atoms with Gasteiger partial charge in [-0.25, -0.2) is 27.2 Å². The van der Waals surface area contributed by atoms with E-state index in [2.05, 4.69) is 37.2 Å². The molecule has 0 spiro atoms. The third-order valence-corrected chi connectivity index (χ3v) is 23.6.